The van der Waals surface area contributed by atoms with Crippen molar-refractivity contribution < 1.29 is 33.4 Å². The number of hydrogen-bond donors (Lipinski definition) is 2. The second-order valence-electron chi connectivity index (χ2n) is 8.98. The molecule has 2 N–H and O–H groups in total. The number of anilines is 2. The molecule has 0 saturated heterocycles. The van der Waals surface area contributed by atoms with Gasteiger partial charge in [-0.2, -0.15) is 0 Å². The zero-order chi connectivity index (χ0) is 29.5. The summed E-state index contributed by atoms with van der Waals surface area (Å²) in [5.41, 5.74) is 2.00. The van der Waals surface area contributed by atoms with Gasteiger partial charge in [-0.15, -0.1) is 23.1 Å². The molecule has 4 rings (SSSR count). The third kappa shape index (κ3) is 7.01. The SMILES string of the molecule is CCOC(=O)c1c(NC(=O)CSc2cccc(NC(=O)c3c(OC)cccc3OC)c2)sc2c1CCN(C(C)=O)C2. The Bertz CT molecular complexity index is 1450. The molecule has 0 spiro atoms. The Morgan fingerprint density at radius 1 is 1.00 bits per heavy atom. The molecule has 1 aliphatic rings. The van der Waals surface area contributed by atoms with E-state index in [1.807, 2.05) is 6.07 Å². The predicted octanol–water partition coefficient (Wildman–Crippen LogP) is 4.83. The molecule has 0 aliphatic carbocycles. The second kappa shape index (κ2) is 13.6. The maximum absolute atomic E-state index is 13.0. The summed E-state index contributed by atoms with van der Waals surface area (Å²) in [4.78, 5) is 54.0. The summed E-state index contributed by atoms with van der Waals surface area (Å²) in [7, 11) is 2.96. The lowest BCUT2D eigenvalue weighted by Crippen LogP contribution is -2.34. The molecule has 0 fully saturated rings. The Morgan fingerprint density at radius 3 is 2.37 bits per heavy atom. The Balaban J connectivity index is 1.44. The molecule has 1 aliphatic heterocycles. The third-order valence-electron chi connectivity index (χ3n) is 6.35. The van der Waals surface area contributed by atoms with E-state index in [0.717, 1.165) is 15.3 Å². The van der Waals surface area contributed by atoms with E-state index in [0.29, 0.717) is 47.3 Å². The van der Waals surface area contributed by atoms with Crippen molar-refractivity contribution in [3.8, 4) is 11.5 Å². The first-order chi connectivity index (χ1) is 19.7. The minimum atomic E-state index is -0.487. The van der Waals surface area contributed by atoms with Gasteiger partial charge in [-0.3, -0.25) is 14.4 Å². The molecule has 0 unspecified atom stereocenters. The molecule has 1 aromatic heterocycles. The van der Waals surface area contributed by atoms with Gasteiger partial charge in [-0.1, -0.05) is 12.1 Å². The lowest BCUT2D eigenvalue weighted by Gasteiger charge is -2.25. The van der Waals surface area contributed by atoms with Crippen molar-refractivity contribution in [1.82, 2.24) is 4.90 Å². The van der Waals surface area contributed by atoms with Crippen LogP contribution in [0.5, 0.6) is 11.5 Å². The average molecular weight is 598 g/mol. The molecule has 0 bridgehead atoms. The highest BCUT2D eigenvalue weighted by Gasteiger charge is 2.30. The quantitative estimate of drug-likeness (QED) is 0.252. The number of ether oxygens (including phenoxy) is 3. The number of fused-ring (bicyclic) bond motifs is 1. The molecule has 41 heavy (non-hydrogen) atoms. The van der Waals surface area contributed by atoms with E-state index < -0.39 is 11.9 Å². The molecule has 0 atom stereocenters. The van der Waals surface area contributed by atoms with Gasteiger partial charge in [-0.25, -0.2) is 4.79 Å². The fourth-order valence-electron chi connectivity index (χ4n) is 4.42. The number of esters is 1. The van der Waals surface area contributed by atoms with Gasteiger partial charge < -0.3 is 29.7 Å². The summed E-state index contributed by atoms with van der Waals surface area (Å²) in [6.45, 7) is 4.35. The van der Waals surface area contributed by atoms with Gasteiger partial charge in [0.05, 0.1) is 38.7 Å². The number of benzene rings is 2. The summed E-state index contributed by atoms with van der Waals surface area (Å²) in [6, 6.07) is 12.2. The number of carbonyl (C=O) groups is 4. The van der Waals surface area contributed by atoms with Crippen molar-refractivity contribution >= 4 is 57.5 Å². The zero-order valence-corrected chi connectivity index (χ0v) is 24.8. The van der Waals surface area contributed by atoms with Gasteiger partial charge in [0.2, 0.25) is 11.8 Å². The van der Waals surface area contributed by atoms with Crippen molar-refractivity contribution in [3.63, 3.8) is 0 Å². The molecular formula is C29H31N3O7S2. The number of carbonyl (C=O) groups excluding carboxylic acids is 4. The third-order valence-corrected chi connectivity index (χ3v) is 8.48. The van der Waals surface area contributed by atoms with Crippen molar-refractivity contribution in [3.05, 3.63) is 64.0 Å². The summed E-state index contributed by atoms with van der Waals surface area (Å²) >= 11 is 2.58. The molecule has 3 aromatic rings. The number of amides is 3. The van der Waals surface area contributed by atoms with Crippen LogP contribution in [0.2, 0.25) is 0 Å². The fourth-order valence-corrected chi connectivity index (χ4v) is 6.45. The Labute approximate surface area is 246 Å². The van der Waals surface area contributed by atoms with Gasteiger partial charge in [-0.05, 0) is 49.2 Å². The number of methoxy groups -OCH3 is 2. The van der Waals surface area contributed by atoms with E-state index in [1.165, 1.54) is 44.2 Å². The first-order valence-corrected chi connectivity index (χ1v) is 14.7. The van der Waals surface area contributed by atoms with Crippen LogP contribution < -0.4 is 20.1 Å². The Hall–Kier alpha value is -4.03. The number of nitrogens with one attached hydrogen (secondary N) is 2. The highest BCUT2D eigenvalue weighted by molar-refractivity contribution is 8.00. The van der Waals surface area contributed by atoms with E-state index in [4.69, 9.17) is 14.2 Å². The standard InChI is InChI=1S/C29H31N3O7S2/c1-5-39-29(36)25-20-12-13-32(17(2)33)15-23(20)41-28(25)31-24(34)16-40-19-9-6-8-18(14-19)30-27(35)26-21(37-3)10-7-11-22(26)38-4/h6-11,14H,5,12-13,15-16H2,1-4H3,(H,30,35)(H,31,34). The van der Waals surface area contributed by atoms with Gasteiger partial charge in [0.15, 0.2) is 0 Å². The van der Waals surface area contributed by atoms with Gasteiger partial charge in [0, 0.05) is 28.9 Å². The van der Waals surface area contributed by atoms with E-state index in [1.54, 1.807) is 48.2 Å². The molecule has 216 valence electrons. The van der Waals surface area contributed by atoms with Crippen LogP contribution in [0.3, 0.4) is 0 Å². The van der Waals surface area contributed by atoms with Crippen molar-refractivity contribution in [2.75, 3.05) is 43.8 Å². The molecule has 10 nitrogen and oxygen atoms in total. The maximum Gasteiger partial charge on any atom is 0.341 e. The zero-order valence-electron chi connectivity index (χ0n) is 23.2. The molecular weight excluding hydrogens is 566 g/mol. The lowest BCUT2D eigenvalue weighted by molar-refractivity contribution is -0.129. The normalized spacial score (nSPS) is 12.2. The summed E-state index contributed by atoms with van der Waals surface area (Å²) < 4.78 is 15.9. The van der Waals surface area contributed by atoms with E-state index >= 15 is 0 Å². The van der Waals surface area contributed by atoms with E-state index in [2.05, 4.69) is 10.6 Å². The molecule has 0 saturated carbocycles. The van der Waals surface area contributed by atoms with Crippen molar-refractivity contribution in [2.24, 2.45) is 0 Å². The summed E-state index contributed by atoms with van der Waals surface area (Å²) in [5.74, 6) is -0.372. The van der Waals surface area contributed by atoms with Gasteiger partial charge in [0.1, 0.15) is 22.1 Å². The molecule has 0 radical (unpaired) electrons. The highest BCUT2D eigenvalue weighted by Crippen LogP contribution is 2.38. The van der Waals surface area contributed by atoms with E-state index in [-0.39, 0.29) is 29.7 Å². The summed E-state index contributed by atoms with van der Waals surface area (Å²) in [6.07, 6.45) is 0.517. The van der Waals surface area contributed by atoms with Crippen LogP contribution in [0.1, 0.15) is 45.0 Å². The smallest absolute Gasteiger partial charge is 0.341 e. The van der Waals surface area contributed by atoms with Gasteiger partial charge in [0.25, 0.3) is 5.91 Å². The number of hydrogen-bond acceptors (Lipinski definition) is 9. The van der Waals surface area contributed by atoms with Crippen LogP contribution >= 0.6 is 23.1 Å². The topological polar surface area (TPSA) is 123 Å². The lowest BCUT2D eigenvalue weighted by atomic mass is 10.0. The largest absolute Gasteiger partial charge is 0.496 e. The first kappa shape index (κ1) is 29.9. The Morgan fingerprint density at radius 2 is 1.71 bits per heavy atom. The molecule has 2 aromatic carbocycles. The van der Waals surface area contributed by atoms with Gasteiger partial charge >= 0.3 is 5.97 Å². The molecule has 12 heteroatoms. The fraction of sp³-hybridized carbons (Fsp3) is 0.310. The van der Waals surface area contributed by atoms with Crippen LogP contribution in [0.15, 0.2) is 47.4 Å². The van der Waals surface area contributed by atoms with Crippen LogP contribution in [0, 0.1) is 0 Å². The number of nitrogens with zero attached hydrogens (tertiary/aromatic N) is 1. The minimum Gasteiger partial charge on any atom is -0.496 e. The van der Waals surface area contributed by atoms with Crippen molar-refractivity contribution in [1.29, 1.82) is 0 Å². The number of thiophene rings is 1. The Kier molecular flexibility index (Phi) is 9.90. The van der Waals surface area contributed by atoms with Crippen LogP contribution in [-0.4, -0.2) is 61.7 Å². The first-order valence-electron chi connectivity index (χ1n) is 12.9. The van der Waals surface area contributed by atoms with Crippen LogP contribution in [0.25, 0.3) is 0 Å². The monoisotopic (exact) mass is 597 g/mol. The van der Waals surface area contributed by atoms with Crippen LogP contribution in [0.4, 0.5) is 10.7 Å². The second-order valence-corrected chi connectivity index (χ2v) is 11.1. The number of rotatable bonds is 10. The van der Waals surface area contributed by atoms with Crippen LogP contribution in [-0.2, 0) is 27.3 Å². The molecule has 2 heterocycles. The van der Waals surface area contributed by atoms with Crippen molar-refractivity contribution in [2.45, 2.75) is 31.7 Å². The highest BCUT2D eigenvalue weighted by atomic mass is 32.2. The maximum atomic E-state index is 13.0. The average Bonchev–Trinajstić information content (AvgIpc) is 3.32. The predicted molar refractivity (Wildman–Crippen MR) is 158 cm³/mol. The number of thioether (sulfide) groups is 1. The molecule has 3 amide bonds. The minimum absolute atomic E-state index is 0.0378. The van der Waals surface area contributed by atoms with E-state index in [9.17, 15) is 19.2 Å². The summed E-state index contributed by atoms with van der Waals surface area (Å²) in [5, 5.41) is 6.16.